The van der Waals surface area contributed by atoms with Gasteiger partial charge in [-0.1, -0.05) is 133 Å². The van der Waals surface area contributed by atoms with Crippen LogP contribution in [-0.2, 0) is 10.8 Å². The van der Waals surface area contributed by atoms with E-state index in [0.717, 1.165) is 59.9 Å². The maximum absolute atomic E-state index is 12.1. The van der Waals surface area contributed by atoms with E-state index in [1.165, 1.54) is 11.1 Å². The fourth-order valence-corrected chi connectivity index (χ4v) is 7.66. The van der Waals surface area contributed by atoms with E-state index >= 15 is 0 Å². The molecule has 3 nitrogen and oxygen atoms in total. The molecule has 2 aromatic heterocycles. The third kappa shape index (κ3) is 6.29. The van der Waals surface area contributed by atoms with Gasteiger partial charge in [0.1, 0.15) is 10.8 Å². The Kier molecular flexibility index (Phi) is 8.46. The number of benzene rings is 5. The molecule has 0 amide bonds. The molecule has 0 spiro atoms. The largest absolute Gasteiger partial charge is 0.507 e. The minimum absolute atomic E-state index is 0.0124. The van der Waals surface area contributed by atoms with E-state index in [1.807, 2.05) is 24.4 Å². The highest BCUT2D eigenvalue weighted by Gasteiger charge is 2.28. The third-order valence-corrected chi connectivity index (χ3v) is 10.9. The Bertz CT molecular complexity index is 2250. The molecule has 0 radical (unpaired) electrons. The molecule has 1 unspecified atom stereocenters. The topological polar surface area (TPSA) is 46.0 Å². The number of para-hydroxylation sites is 1. The van der Waals surface area contributed by atoms with Gasteiger partial charge < -0.3 is 5.11 Å². The van der Waals surface area contributed by atoms with Crippen molar-refractivity contribution in [3.05, 3.63) is 161 Å². The smallest absolute Gasteiger partial charge is 0.129 e. The molecule has 1 N–H and O–H groups in total. The quantitative estimate of drug-likeness (QED) is 0.185. The molecule has 244 valence electrons. The van der Waals surface area contributed by atoms with E-state index in [0.29, 0.717) is 0 Å². The number of hydrogen-bond acceptors (Lipinski definition) is 4. The summed E-state index contributed by atoms with van der Waals surface area (Å²) in [4.78, 5) is 10.0. The maximum atomic E-state index is 12.1. The van der Waals surface area contributed by atoms with Gasteiger partial charge in [-0.15, -0.1) is 11.3 Å². The van der Waals surface area contributed by atoms with Crippen molar-refractivity contribution < 1.29 is 5.11 Å². The first-order chi connectivity index (χ1) is 23.5. The zero-order valence-corrected chi connectivity index (χ0v) is 29.8. The average Bonchev–Trinajstić information content (AvgIpc) is 3.56. The summed E-state index contributed by atoms with van der Waals surface area (Å²) in [7, 11) is 0. The lowest BCUT2D eigenvalue weighted by molar-refractivity contribution is 0.467. The SMILES string of the molecule is CC(c1ccccc1)c1cc(C(C)(C)c2ccccc2)cc(-c2nc3c(-c4cc(-c5ccccn5)cc(C(C)(C)C)c4)cccc3s2)c1O. The summed E-state index contributed by atoms with van der Waals surface area (Å²) in [5.74, 6) is 0.276. The summed E-state index contributed by atoms with van der Waals surface area (Å²) in [6, 6.07) is 44.6. The predicted molar refractivity (Wildman–Crippen MR) is 207 cm³/mol. The van der Waals surface area contributed by atoms with Gasteiger partial charge in [-0.25, -0.2) is 4.98 Å². The lowest BCUT2D eigenvalue weighted by Gasteiger charge is -2.29. The molecule has 0 aliphatic rings. The molecule has 0 aliphatic carbocycles. The Morgan fingerprint density at radius 2 is 1.33 bits per heavy atom. The molecular weight excluding hydrogens is 617 g/mol. The van der Waals surface area contributed by atoms with E-state index in [4.69, 9.17) is 4.98 Å². The summed E-state index contributed by atoms with van der Waals surface area (Å²) < 4.78 is 1.08. The van der Waals surface area contributed by atoms with Gasteiger partial charge in [0.25, 0.3) is 0 Å². The van der Waals surface area contributed by atoms with E-state index in [9.17, 15) is 5.11 Å². The molecular formula is C45H42N2OS. The number of rotatable bonds is 7. The summed E-state index contributed by atoms with van der Waals surface area (Å²) in [5, 5.41) is 12.9. The van der Waals surface area contributed by atoms with Crippen LogP contribution in [0.15, 0.2) is 134 Å². The van der Waals surface area contributed by atoms with Gasteiger partial charge in [0.05, 0.1) is 21.5 Å². The molecule has 0 saturated heterocycles. The van der Waals surface area contributed by atoms with Gasteiger partial charge in [-0.2, -0.15) is 0 Å². The molecule has 5 aromatic carbocycles. The van der Waals surface area contributed by atoms with Gasteiger partial charge in [0.15, 0.2) is 0 Å². The number of thiazole rings is 1. The minimum atomic E-state index is -0.300. The minimum Gasteiger partial charge on any atom is -0.507 e. The number of phenols is 1. The third-order valence-electron chi connectivity index (χ3n) is 9.84. The van der Waals surface area contributed by atoms with Gasteiger partial charge in [-0.05, 0) is 69.6 Å². The van der Waals surface area contributed by atoms with Crippen molar-refractivity contribution in [2.75, 3.05) is 0 Å². The highest BCUT2D eigenvalue weighted by molar-refractivity contribution is 7.21. The number of phenolic OH excluding ortho intramolecular Hbond substituents is 1. The van der Waals surface area contributed by atoms with Gasteiger partial charge in [-0.3, -0.25) is 4.98 Å². The molecule has 2 heterocycles. The molecule has 0 fully saturated rings. The first-order valence-electron chi connectivity index (χ1n) is 17.0. The van der Waals surface area contributed by atoms with Crippen molar-refractivity contribution in [1.82, 2.24) is 9.97 Å². The highest BCUT2D eigenvalue weighted by atomic mass is 32.1. The van der Waals surface area contributed by atoms with Crippen molar-refractivity contribution in [1.29, 1.82) is 0 Å². The van der Waals surface area contributed by atoms with Crippen LogP contribution in [0, 0.1) is 0 Å². The summed E-state index contributed by atoms with van der Waals surface area (Å²) in [6.07, 6.45) is 1.85. The van der Waals surface area contributed by atoms with Gasteiger partial charge in [0.2, 0.25) is 0 Å². The lowest BCUT2D eigenvalue weighted by Crippen LogP contribution is -2.19. The van der Waals surface area contributed by atoms with Crippen molar-refractivity contribution in [3.63, 3.8) is 0 Å². The Hall–Kier alpha value is -5.06. The van der Waals surface area contributed by atoms with E-state index in [-0.39, 0.29) is 22.5 Å². The number of hydrogen-bond donors (Lipinski definition) is 1. The fraction of sp³-hybridized carbons (Fsp3) is 0.200. The Balaban J connectivity index is 1.42. The molecule has 0 aliphatic heterocycles. The van der Waals surface area contributed by atoms with Crippen LogP contribution in [0.3, 0.4) is 0 Å². The molecule has 0 bridgehead atoms. The number of nitrogens with zero attached hydrogens (tertiary/aromatic N) is 2. The van der Waals surface area contributed by atoms with Crippen LogP contribution >= 0.6 is 11.3 Å². The van der Waals surface area contributed by atoms with Crippen LogP contribution in [-0.4, -0.2) is 15.1 Å². The Morgan fingerprint density at radius 3 is 2.02 bits per heavy atom. The second-order valence-corrected chi connectivity index (χ2v) is 15.6. The van der Waals surface area contributed by atoms with Crippen LogP contribution in [0.5, 0.6) is 5.75 Å². The van der Waals surface area contributed by atoms with Gasteiger partial charge in [0, 0.05) is 34.2 Å². The summed E-state index contributed by atoms with van der Waals surface area (Å²) in [6.45, 7) is 13.4. The number of aromatic hydroxyl groups is 1. The van der Waals surface area contributed by atoms with Crippen LogP contribution in [0.1, 0.15) is 75.3 Å². The van der Waals surface area contributed by atoms with Crippen molar-refractivity contribution in [2.24, 2.45) is 0 Å². The normalized spacial score (nSPS) is 12.7. The van der Waals surface area contributed by atoms with Crippen molar-refractivity contribution >= 4 is 21.6 Å². The average molecular weight is 659 g/mol. The van der Waals surface area contributed by atoms with Crippen LogP contribution in [0.25, 0.3) is 43.2 Å². The standard InChI is InChI=1S/C45H42N2OS/c1-29(30-16-9-7-10-17-30)37-27-35(45(5,6)33-18-11-8-12-19-33)28-38(42(37)48)43-47-41-36(20-15-22-40(41)49-43)31-24-32(39-21-13-14-23-46-39)26-34(25-31)44(2,3)4/h7-29,48H,1-6H3. The zero-order valence-electron chi connectivity index (χ0n) is 29.0. The van der Waals surface area contributed by atoms with E-state index in [1.54, 1.807) is 11.3 Å². The van der Waals surface area contributed by atoms with Crippen molar-refractivity contribution in [3.8, 4) is 38.7 Å². The Morgan fingerprint density at radius 1 is 0.633 bits per heavy atom. The van der Waals surface area contributed by atoms with Gasteiger partial charge >= 0.3 is 0 Å². The monoisotopic (exact) mass is 658 g/mol. The molecule has 49 heavy (non-hydrogen) atoms. The number of fused-ring (bicyclic) bond motifs is 1. The lowest BCUT2D eigenvalue weighted by atomic mass is 9.76. The van der Waals surface area contributed by atoms with Crippen LogP contribution < -0.4 is 0 Å². The zero-order chi connectivity index (χ0) is 34.3. The first-order valence-corrected chi connectivity index (χ1v) is 17.8. The Labute approximate surface area is 294 Å². The second kappa shape index (κ2) is 12.8. The van der Waals surface area contributed by atoms with E-state index in [2.05, 4.69) is 156 Å². The molecule has 0 saturated carbocycles. The predicted octanol–water partition coefficient (Wildman–Crippen LogP) is 12.2. The molecule has 7 rings (SSSR count). The van der Waals surface area contributed by atoms with Crippen LogP contribution in [0.2, 0.25) is 0 Å². The molecule has 7 aromatic rings. The maximum Gasteiger partial charge on any atom is 0.129 e. The second-order valence-electron chi connectivity index (χ2n) is 14.5. The molecule has 4 heteroatoms. The summed E-state index contributed by atoms with van der Waals surface area (Å²) >= 11 is 1.63. The number of aromatic nitrogens is 2. The first kappa shape index (κ1) is 32.5. The van der Waals surface area contributed by atoms with E-state index < -0.39 is 0 Å². The van der Waals surface area contributed by atoms with Crippen molar-refractivity contribution in [2.45, 2.75) is 58.3 Å². The fourth-order valence-electron chi connectivity index (χ4n) is 6.65. The number of pyridine rings is 1. The van der Waals surface area contributed by atoms with Crippen LogP contribution in [0.4, 0.5) is 0 Å². The summed E-state index contributed by atoms with van der Waals surface area (Å²) in [5.41, 5.74) is 11.2. The highest BCUT2D eigenvalue weighted by Crippen LogP contribution is 2.46. The molecule has 1 atom stereocenters.